The van der Waals surface area contributed by atoms with E-state index in [4.69, 9.17) is 0 Å². The van der Waals surface area contributed by atoms with Gasteiger partial charge in [0.1, 0.15) is 0 Å². The van der Waals surface area contributed by atoms with Crippen molar-refractivity contribution in [3.63, 3.8) is 0 Å². The largest absolute Gasteiger partial charge is 0.371 e. The van der Waals surface area contributed by atoms with Crippen LogP contribution in [0.4, 0.5) is 5.69 Å². The highest BCUT2D eigenvalue weighted by Gasteiger charge is 2.21. The average molecular weight is 246 g/mol. The highest BCUT2D eigenvalue weighted by Crippen LogP contribution is 2.27. The molecule has 0 bridgehead atoms. The molecule has 0 aliphatic carbocycles. The van der Waals surface area contributed by atoms with Crippen molar-refractivity contribution < 1.29 is 0 Å². The molecule has 0 atom stereocenters. The second-order valence-electron chi connectivity index (χ2n) is 5.82. The molecular weight excluding hydrogens is 220 g/mol. The fourth-order valence-corrected chi connectivity index (χ4v) is 3.05. The lowest BCUT2D eigenvalue weighted by molar-refractivity contribution is 0.387. The van der Waals surface area contributed by atoms with Crippen LogP contribution in [0.2, 0.25) is 0 Å². The van der Waals surface area contributed by atoms with Gasteiger partial charge in [0, 0.05) is 30.9 Å². The number of hydrogen-bond acceptors (Lipinski definition) is 2. The zero-order valence-corrected chi connectivity index (χ0v) is 12.2. The van der Waals surface area contributed by atoms with Crippen LogP contribution in [0.5, 0.6) is 0 Å². The number of aryl methyl sites for hydroxylation is 2. The van der Waals surface area contributed by atoms with Crippen molar-refractivity contribution >= 4 is 5.69 Å². The Balaban J connectivity index is 2.01. The maximum absolute atomic E-state index is 3.66. The first-order valence-electron chi connectivity index (χ1n) is 7.15. The monoisotopic (exact) mass is 246 g/mol. The highest BCUT2D eigenvalue weighted by atomic mass is 15.2. The minimum Gasteiger partial charge on any atom is -0.371 e. The summed E-state index contributed by atoms with van der Waals surface area (Å²) in [6, 6.07) is 7.90. The third kappa shape index (κ3) is 3.05. The fourth-order valence-electron chi connectivity index (χ4n) is 3.05. The summed E-state index contributed by atoms with van der Waals surface area (Å²) < 4.78 is 0. The Morgan fingerprint density at radius 1 is 1.11 bits per heavy atom. The zero-order valence-electron chi connectivity index (χ0n) is 12.2. The molecule has 18 heavy (non-hydrogen) atoms. The third-order valence-electron chi connectivity index (χ3n) is 3.82. The van der Waals surface area contributed by atoms with Crippen molar-refractivity contribution in [3.05, 3.63) is 29.3 Å². The maximum Gasteiger partial charge on any atom is 0.0425 e. The van der Waals surface area contributed by atoms with Gasteiger partial charge in [0.15, 0.2) is 0 Å². The van der Waals surface area contributed by atoms with Gasteiger partial charge in [-0.15, -0.1) is 0 Å². The first kappa shape index (κ1) is 13.4. The van der Waals surface area contributed by atoms with E-state index in [0.29, 0.717) is 12.1 Å². The van der Waals surface area contributed by atoms with Crippen molar-refractivity contribution in [2.24, 2.45) is 0 Å². The van der Waals surface area contributed by atoms with Crippen molar-refractivity contribution in [1.29, 1.82) is 0 Å². The molecule has 2 heteroatoms. The number of nitrogens with zero attached hydrogens (tertiary/aromatic N) is 1. The molecule has 1 aromatic carbocycles. The van der Waals surface area contributed by atoms with Crippen LogP contribution in [0, 0.1) is 13.8 Å². The minimum absolute atomic E-state index is 0.599. The maximum atomic E-state index is 3.66. The van der Waals surface area contributed by atoms with Crippen molar-refractivity contribution in [1.82, 2.24) is 5.32 Å². The number of nitrogens with one attached hydrogen (secondary N) is 1. The molecule has 1 N–H and O–H groups in total. The molecule has 1 aliphatic rings. The molecule has 0 amide bonds. The minimum atomic E-state index is 0.599. The summed E-state index contributed by atoms with van der Waals surface area (Å²) in [6.45, 7) is 11.3. The standard InChI is InChI=1S/C16H26N2/c1-12(2)17-15-8-10-18(11-9-15)16-13(3)6-5-7-14(16)4/h5-7,12,15,17H,8-11H2,1-4H3. The van der Waals surface area contributed by atoms with Crippen LogP contribution in [-0.2, 0) is 0 Å². The molecule has 2 rings (SSSR count). The highest BCUT2D eigenvalue weighted by molar-refractivity contribution is 5.59. The number of para-hydroxylation sites is 1. The van der Waals surface area contributed by atoms with Gasteiger partial charge in [-0.05, 0) is 37.8 Å². The van der Waals surface area contributed by atoms with Crippen molar-refractivity contribution in [2.75, 3.05) is 18.0 Å². The summed E-state index contributed by atoms with van der Waals surface area (Å²) >= 11 is 0. The number of anilines is 1. The molecule has 2 nitrogen and oxygen atoms in total. The van der Waals surface area contributed by atoms with E-state index in [1.807, 2.05) is 0 Å². The molecular formula is C16H26N2. The van der Waals surface area contributed by atoms with Gasteiger partial charge in [-0.2, -0.15) is 0 Å². The summed E-state index contributed by atoms with van der Waals surface area (Å²) in [5.41, 5.74) is 4.27. The van der Waals surface area contributed by atoms with Crippen LogP contribution in [-0.4, -0.2) is 25.2 Å². The first-order valence-corrected chi connectivity index (χ1v) is 7.15. The predicted molar refractivity (Wildman–Crippen MR) is 79.4 cm³/mol. The van der Waals surface area contributed by atoms with Gasteiger partial charge < -0.3 is 10.2 Å². The van der Waals surface area contributed by atoms with Crippen LogP contribution in [0.15, 0.2) is 18.2 Å². The van der Waals surface area contributed by atoms with Gasteiger partial charge in [-0.1, -0.05) is 32.0 Å². The third-order valence-corrected chi connectivity index (χ3v) is 3.82. The Labute approximate surface area is 111 Å². The average Bonchev–Trinajstić information content (AvgIpc) is 2.30. The first-order chi connectivity index (χ1) is 8.58. The van der Waals surface area contributed by atoms with Gasteiger partial charge in [0.25, 0.3) is 0 Å². The molecule has 100 valence electrons. The van der Waals surface area contributed by atoms with Crippen molar-refractivity contribution in [3.8, 4) is 0 Å². The molecule has 0 saturated carbocycles. The summed E-state index contributed by atoms with van der Waals surface area (Å²) in [5.74, 6) is 0. The molecule has 1 heterocycles. The van der Waals surface area contributed by atoms with E-state index in [0.717, 1.165) is 0 Å². The van der Waals surface area contributed by atoms with E-state index in [1.165, 1.54) is 42.7 Å². The Morgan fingerprint density at radius 2 is 1.67 bits per heavy atom. The molecule has 0 aromatic heterocycles. The Kier molecular flexibility index (Phi) is 4.28. The SMILES string of the molecule is Cc1cccc(C)c1N1CCC(NC(C)C)CC1. The van der Waals surface area contributed by atoms with Gasteiger partial charge in [0.05, 0.1) is 0 Å². The van der Waals surface area contributed by atoms with Crippen LogP contribution in [0.25, 0.3) is 0 Å². The van der Waals surface area contributed by atoms with Gasteiger partial charge in [0.2, 0.25) is 0 Å². The normalized spacial score (nSPS) is 17.5. The molecule has 0 unspecified atom stereocenters. The van der Waals surface area contributed by atoms with Crippen molar-refractivity contribution in [2.45, 2.75) is 52.6 Å². The molecule has 0 radical (unpaired) electrons. The quantitative estimate of drug-likeness (QED) is 0.880. The summed E-state index contributed by atoms with van der Waals surface area (Å²) in [5, 5.41) is 3.66. The number of rotatable bonds is 3. The van der Waals surface area contributed by atoms with Gasteiger partial charge in [-0.3, -0.25) is 0 Å². The van der Waals surface area contributed by atoms with E-state index < -0.39 is 0 Å². The second kappa shape index (κ2) is 5.75. The van der Waals surface area contributed by atoms with Crippen LogP contribution in [0.3, 0.4) is 0 Å². The van der Waals surface area contributed by atoms with E-state index in [9.17, 15) is 0 Å². The number of benzene rings is 1. The predicted octanol–water partition coefficient (Wildman–Crippen LogP) is 3.27. The molecule has 0 spiro atoms. The summed E-state index contributed by atoms with van der Waals surface area (Å²) in [6.07, 6.45) is 2.51. The topological polar surface area (TPSA) is 15.3 Å². The lowest BCUT2D eigenvalue weighted by Gasteiger charge is -2.36. The fraction of sp³-hybridized carbons (Fsp3) is 0.625. The van der Waals surface area contributed by atoms with E-state index in [1.54, 1.807) is 0 Å². The summed E-state index contributed by atoms with van der Waals surface area (Å²) in [4.78, 5) is 2.56. The number of hydrogen-bond donors (Lipinski definition) is 1. The van der Waals surface area contributed by atoms with Crippen LogP contribution >= 0.6 is 0 Å². The molecule has 1 aliphatic heterocycles. The molecule has 1 saturated heterocycles. The Bertz CT molecular complexity index is 370. The second-order valence-corrected chi connectivity index (χ2v) is 5.82. The smallest absolute Gasteiger partial charge is 0.0425 e. The number of piperidine rings is 1. The zero-order chi connectivity index (χ0) is 13.1. The summed E-state index contributed by atoms with van der Waals surface area (Å²) in [7, 11) is 0. The lowest BCUT2D eigenvalue weighted by atomic mass is 10.0. The van der Waals surface area contributed by atoms with E-state index in [-0.39, 0.29) is 0 Å². The van der Waals surface area contributed by atoms with Crippen LogP contribution in [0.1, 0.15) is 37.8 Å². The van der Waals surface area contributed by atoms with Gasteiger partial charge in [-0.25, -0.2) is 0 Å². The Morgan fingerprint density at radius 3 is 2.17 bits per heavy atom. The van der Waals surface area contributed by atoms with Crippen LogP contribution < -0.4 is 10.2 Å². The molecule has 1 aromatic rings. The van der Waals surface area contributed by atoms with E-state index >= 15 is 0 Å². The Hall–Kier alpha value is -1.02. The van der Waals surface area contributed by atoms with Gasteiger partial charge >= 0.3 is 0 Å². The van der Waals surface area contributed by atoms with E-state index in [2.05, 4.69) is 56.1 Å². The lowest BCUT2D eigenvalue weighted by Crippen LogP contribution is -2.45. The molecule has 1 fully saturated rings.